The van der Waals surface area contributed by atoms with E-state index in [0.717, 1.165) is 18.7 Å². The molecule has 2 heteroatoms. The molecule has 2 aromatic rings. The van der Waals surface area contributed by atoms with Gasteiger partial charge in [0.2, 0.25) is 0 Å². The Morgan fingerprint density at radius 1 is 1.00 bits per heavy atom. The summed E-state index contributed by atoms with van der Waals surface area (Å²) in [4.78, 5) is 2.31. The third-order valence-electron chi connectivity index (χ3n) is 3.88. The summed E-state index contributed by atoms with van der Waals surface area (Å²) in [6.07, 6.45) is 1.13. The average Bonchev–Trinajstić information content (AvgIpc) is 2.46. The Morgan fingerprint density at radius 2 is 1.60 bits per heavy atom. The molecule has 106 valence electrons. The Labute approximate surface area is 122 Å². The van der Waals surface area contributed by atoms with E-state index in [1.165, 1.54) is 16.8 Å². The first-order valence-corrected chi connectivity index (χ1v) is 7.19. The number of anilines is 2. The average molecular weight is 268 g/mol. The summed E-state index contributed by atoms with van der Waals surface area (Å²) in [5.74, 6) is 0.545. The normalized spacial score (nSPS) is 12.2. The smallest absolute Gasteiger partial charge is 0.0363 e. The second kappa shape index (κ2) is 6.47. The van der Waals surface area contributed by atoms with Crippen molar-refractivity contribution in [1.29, 1.82) is 0 Å². The highest BCUT2D eigenvalue weighted by Gasteiger charge is 2.07. The molecule has 0 fully saturated rings. The van der Waals surface area contributed by atoms with Crippen molar-refractivity contribution in [2.75, 3.05) is 24.2 Å². The van der Waals surface area contributed by atoms with Crippen molar-refractivity contribution in [2.24, 2.45) is 0 Å². The molecule has 1 atom stereocenters. The van der Waals surface area contributed by atoms with E-state index < -0.39 is 0 Å². The third kappa shape index (κ3) is 3.77. The van der Waals surface area contributed by atoms with Crippen LogP contribution in [0.5, 0.6) is 0 Å². The summed E-state index contributed by atoms with van der Waals surface area (Å²) in [6.45, 7) is 5.44. The predicted molar refractivity (Wildman–Crippen MR) is 88.3 cm³/mol. The van der Waals surface area contributed by atoms with E-state index in [1.54, 1.807) is 0 Å². The van der Waals surface area contributed by atoms with E-state index in [9.17, 15) is 0 Å². The van der Waals surface area contributed by atoms with Gasteiger partial charge in [-0.3, -0.25) is 0 Å². The van der Waals surface area contributed by atoms with E-state index in [4.69, 9.17) is 5.73 Å². The van der Waals surface area contributed by atoms with Gasteiger partial charge in [0.15, 0.2) is 0 Å². The molecule has 0 aliphatic carbocycles. The lowest BCUT2D eigenvalue weighted by Gasteiger charge is -2.22. The van der Waals surface area contributed by atoms with Crippen LogP contribution in [0.15, 0.2) is 48.5 Å². The molecule has 1 unspecified atom stereocenters. The van der Waals surface area contributed by atoms with Gasteiger partial charge in [-0.05, 0) is 49.1 Å². The minimum atomic E-state index is 0.545. The molecule has 2 aromatic carbocycles. The molecule has 0 heterocycles. The quantitative estimate of drug-likeness (QED) is 0.823. The number of rotatable bonds is 5. The lowest BCUT2D eigenvalue weighted by Crippen LogP contribution is -2.19. The van der Waals surface area contributed by atoms with Crippen LogP contribution in [0.25, 0.3) is 0 Å². The largest absolute Gasteiger partial charge is 0.399 e. The molecule has 2 N–H and O–H groups in total. The maximum atomic E-state index is 5.73. The number of hydrogen-bond acceptors (Lipinski definition) is 2. The van der Waals surface area contributed by atoms with Crippen LogP contribution in [0.4, 0.5) is 11.4 Å². The van der Waals surface area contributed by atoms with Crippen molar-refractivity contribution in [1.82, 2.24) is 0 Å². The number of benzene rings is 2. The summed E-state index contributed by atoms with van der Waals surface area (Å²) in [6, 6.07) is 16.9. The Kier molecular flexibility index (Phi) is 4.67. The monoisotopic (exact) mass is 268 g/mol. The van der Waals surface area contributed by atoms with Crippen LogP contribution < -0.4 is 10.6 Å². The highest BCUT2D eigenvalue weighted by atomic mass is 15.1. The van der Waals surface area contributed by atoms with E-state index in [0.29, 0.717) is 5.92 Å². The van der Waals surface area contributed by atoms with Crippen molar-refractivity contribution >= 4 is 11.4 Å². The molecule has 0 saturated heterocycles. The fourth-order valence-electron chi connectivity index (χ4n) is 2.31. The molecular weight excluding hydrogens is 244 g/mol. The minimum absolute atomic E-state index is 0.545. The topological polar surface area (TPSA) is 29.3 Å². The Bertz CT molecular complexity index is 477. The molecule has 0 amide bonds. The highest BCUT2D eigenvalue weighted by Crippen LogP contribution is 2.22. The van der Waals surface area contributed by atoms with Crippen LogP contribution in [0.3, 0.4) is 0 Å². The van der Waals surface area contributed by atoms with Crippen molar-refractivity contribution in [3.05, 3.63) is 59.7 Å². The van der Waals surface area contributed by atoms with E-state index in [2.05, 4.69) is 62.2 Å². The Hall–Kier alpha value is -1.96. The van der Waals surface area contributed by atoms with Crippen LogP contribution in [0, 0.1) is 6.92 Å². The zero-order chi connectivity index (χ0) is 14.5. The molecule has 0 aliphatic rings. The van der Waals surface area contributed by atoms with Crippen molar-refractivity contribution < 1.29 is 0 Å². The van der Waals surface area contributed by atoms with Gasteiger partial charge >= 0.3 is 0 Å². The van der Waals surface area contributed by atoms with Gasteiger partial charge in [-0.15, -0.1) is 0 Å². The molecule has 0 radical (unpaired) electrons. The molecule has 0 spiro atoms. The molecule has 2 rings (SSSR count). The van der Waals surface area contributed by atoms with Crippen LogP contribution in [0.1, 0.15) is 30.4 Å². The molecule has 20 heavy (non-hydrogen) atoms. The molecular formula is C18H24N2. The summed E-state index contributed by atoms with van der Waals surface area (Å²) >= 11 is 0. The van der Waals surface area contributed by atoms with Gasteiger partial charge in [0.05, 0.1) is 0 Å². The third-order valence-corrected chi connectivity index (χ3v) is 3.88. The van der Waals surface area contributed by atoms with Crippen molar-refractivity contribution in [2.45, 2.75) is 26.2 Å². The second-order valence-electron chi connectivity index (χ2n) is 5.61. The van der Waals surface area contributed by atoms with Crippen LogP contribution in [0.2, 0.25) is 0 Å². The van der Waals surface area contributed by atoms with Crippen molar-refractivity contribution in [3.63, 3.8) is 0 Å². The van der Waals surface area contributed by atoms with Gasteiger partial charge in [0.25, 0.3) is 0 Å². The maximum absolute atomic E-state index is 5.73. The second-order valence-corrected chi connectivity index (χ2v) is 5.61. The summed E-state index contributed by atoms with van der Waals surface area (Å²) < 4.78 is 0. The fraction of sp³-hybridized carbons (Fsp3) is 0.333. The SMILES string of the molecule is Cc1ccc(N(C)CCC(C)c2ccc(N)cc2)cc1. The zero-order valence-electron chi connectivity index (χ0n) is 12.6. The number of aryl methyl sites for hydroxylation is 1. The molecule has 0 saturated carbocycles. The summed E-state index contributed by atoms with van der Waals surface area (Å²) in [5, 5.41) is 0. The van der Waals surface area contributed by atoms with Gasteiger partial charge in [-0.25, -0.2) is 0 Å². The van der Waals surface area contributed by atoms with E-state index >= 15 is 0 Å². The Balaban J connectivity index is 1.91. The van der Waals surface area contributed by atoms with Crippen molar-refractivity contribution in [3.8, 4) is 0 Å². The fourth-order valence-corrected chi connectivity index (χ4v) is 2.31. The van der Waals surface area contributed by atoms with Gasteiger partial charge < -0.3 is 10.6 Å². The molecule has 2 nitrogen and oxygen atoms in total. The first-order chi connectivity index (χ1) is 9.56. The predicted octanol–water partition coefficient (Wildman–Crippen LogP) is 4.21. The van der Waals surface area contributed by atoms with E-state index in [-0.39, 0.29) is 0 Å². The van der Waals surface area contributed by atoms with Gasteiger partial charge in [-0.2, -0.15) is 0 Å². The van der Waals surface area contributed by atoms with Crippen LogP contribution in [-0.2, 0) is 0 Å². The molecule has 0 aliphatic heterocycles. The van der Waals surface area contributed by atoms with Gasteiger partial charge in [-0.1, -0.05) is 36.8 Å². The number of nitrogens with two attached hydrogens (primary N) is 1. The lowest BCUT2D eigenvalue weighted by molar-refractivity contribution is 0.671. The first kappa shape index (κ1) is 14.4. The Morgan fingerprint density at radius 3 is 2.20 bits per heavy atom. The lowest BCUT2D eigenvalue weighted by atomic mass is 9.97. The number of hydrogen-bond donors (Lipinski definition) is 1. The zero-order valence-corrected chi connectivity index (χ0v) is 12.6. The van der Waals surface area contributed by atoms with Crippen LogP contribution >= 0.6 is 0 Å². The maximum Gasteiger partial charge on any atom is 0.0363 e. The minimum Gasteiger partial charge on any atom is -0.399 e. The standard InChI is InChI=1S/C18H24N2/c1-14-4-10-18(11-5-14)20(3)13-12-15(2)16-6-8-17(19)9-7-16/h4-11,15H,12-13,19H2,1-3H3. The highest BCUT2D eigenvalue weighted by molar-refractivity contribution is 5.46. The van der Waals surface area contributed by atoms with Gasteiger partial charge in [0.1, 0.15) is 0 Å². The summed E-state index contributed by atoms with van der Waals surface area (Å²) in [7, 11) is 2.15. The molecule has 0 aromatic heterocycles. The number of nitrogens with zero attached hydrogens (tertiary/aromatic N) is 1. The van der Waals surface area contributed by atoms with Crippen LogP contribution in [-0.4, -0.2) is 13.6 Å². The number of nitrogen functional groups attached to an aromatic ring is 1. The van der Waals surface area contributed by atoms with E-state index in [1.807, 2.05) is 12.1 Å². The summed E-state index contributed by atoms with van der Waals surface area (Å²) in [5.41, 5.74) is 10.5. The molecule has 0 bridgehead atoms. The van der Waals surface area contributed by atoms with Gasteiger partial charge in [0, 0.05) is 25.0 Å². The first-order valence-electron chi connectivity index (χ1n) is 7.19.